The molecule has 0 bridgehead atoms. The number of nitrogens with zero attached hydrogens (tertiary/aromatic N) is 2. The molecule has 4 nitrogen and oxygen atoms in total. The van der Waals surface area contributed by atoms with Crippen molar-refractivity contribution in [2.75, 3.05) is 5.32 Å². The zero-order valence-corrected chi connectivity index (χ0v) is 20.5. The molecule has 1 aliphatic carbocycles. The normalized spacial score (nSPS) is 20.7. The molecular weight excluding hydrogens is 489 g/mol. The molecule has 2 aliphatic rings. The summed E-state index contributed by atoms with van der Waals surface area (Å²) in [5.74, 6) is 0.0959. The Bertz CT molecular complexity index is 1270. The van der Waals surface area contributed by atoms with Gasteiger partial charge >= 0.3 is 6.03 Å². The van der Waals surface area contributed by atoms with Crippen LogP contribution in [0.2, 0.25) is 15.1 Å². The first kappa shape index (κ1) is 23.0. The van der Waals surface area contributed by atoms with Gasteiger partial charge in [-0.15, -0.1) is 0 Å². The summed E-state index contributed by atoms with van der Waals surface area (Å²) in [7, 11) is 0. The maximum atomic E-state index is 13.4. The Morgan fingerprint density at radius 2 is 1.65 bits per heavy atom. The summed E-state index contributed by atoms with van der Waals surface area (Å²) in [5.41, 5.74) is 4.80. The fourth-order valence-electron chi connectivity index (χ4n) is 4.67. The van der Waals surface area contributed by atoms with Gasteiger partial charge in [-0.25, -0.2) is 9.80 Å². The molecule has 3 aromatic rings. The smallest absolute Gasteiger partial charge is 0.306 e. The molecule has 1 fully saturated rings. The molecule has 0 radical (unpaired) electrons. The van der Waals surface area contributed by atoms with Gasteiger partial charge in [0.15, 0.2) is 0 Å². The van der Waals surface area contributed by atoms with E-state index in [1.54, 1.807) is 23.2 Å². The first-order chi connectivity index (χ1) is 16.5. The topological polar surface area (TPSA) is 44.7 Å². The van der Waals surface area contributed by atoms with Gasteiger partial charge in [0.25, 0.3) is 0 Å². The molecule has 7 heteroatoms. The second kappa shape index (κ2) is 9.83. The van der Waals surface area contributed by atoms with Gasteiger partial charge in [-0.3, -0.25) is 0 Å². The summed E-state index contributed by atoms with van der Waals surface area (Å²) < 4.78 is 0. The molecule has 1 heterocycles. The average Bonchev–Trinajstić information content (AvgIpc) is 3.22. The minimum absolute atomic E-state index is 0.0959. The molecule has 2 atom stereocenters. The maximum absolute atomic E-state index is 13.4. The van der Waals surface area contributed by atoms with Crippen LogP contribution in [0.15, 0.2) is 83.5 Å². The Morgan fingerprint density at radius 3 is 2.35 bits per heavy atom. The Kier molecular flexibility index (Phi) is 6.64. The lowest BCUT2D eigenvalue weighted by molar-refractivity contribution is 0.188. The largest absolute Gasteiger partial charge is 0.342 e. The molecule has 2 amide bonds. The van der Waals surface area contributed by atoms with Crippen molar-refractivity contribution in [3.8, 4) is 0 Å². The van der Waals surface area contributed by atoms with E-state index in [0.717, 1.165) is 41.7 Å². The van der Waals surface area contributed by atoms with Crippen molar-refractivity contribution in [3.63, 3.8) is 0 Å². The minimum atomic E-state index is -0.296. The van der Waals surface area contributed by atoms with Crippen LogP contribution in [0.4, 0.5) is 10.5 Å². The molecule has 2 unspecified atom stereocenters. The van der Waals surface area contributed by atoms with E-state index in [4.69, 9.17) is 39.9 Å². The number of allylic oxidation sites excluding steroid dienone is 1. The van der Waals surface area contributed by atoms with E-state index in [9.17, 15) is 4.79 Å². The quantitative estimate of drug-likeness (QED) is 0.377. The number of hydrazone groups is 1. The highest BCUT2D eigenvalue weighted by Crippen LogP contribution is 2.44. The van der Waals surface area contributed by atoms with Gasteiger partial charge in [0.1, 0.15) is 0 Å². The number of hydrogen-bond donors (Lipinski definition) is 1. The van der Waals surface area contributed by atoms with Crippen molar-refractivity contribution in [2.45, 2.75) is 25.3 Å². The monoisotopic (exact) mass is 509 g/mol. The predicted molar refractivity (Wildman–Crippen MR) is 141 cm³/mol. The summed E-state index contributed by atoms with van der Waals surface area (Å²) >= 11 is 18.3. The van der Waals surface area contributed by atoms with Crippen LogP contribution in [0.3, 0.4) is 0 Å². The van der Waals surface area contributed by atoms with E-state index >= 15 is 0 Å². The minimum Gasteiger partial charge on any atom is -0.306 e. The van der Waals surface area contributed by atoms with Crippen molar-refractivity contribution in [2.24, 2.45) is 11.0 Å². The van der Waals surface area contributed by atoms with Crippen LogP contribution in [0.25, 0.3) is 6.08 Å². The van der Waals surface area contributed by atoms with Gasteiger partial charge in [-0.1, -0.05) is 65.1 Å². The number of urea groups is 1. The number of nitrogens with one attached hydrogen (secondary N) is 1. The number of fused-ring (bicyclic) bond motifs is 1. The molecule has 0 spiro atoms. The van der Waals surface area contributed by atoms with E-state index < -0.39 is 0 Å². The summed E-state index contributed by atoms with van der Waals surface area (Å²) in [6, 6.07) is 22.0. The van der Waals surface area contributed by atoms with Crippen molar-refractivity contribution in [3.05, 3.63) is 105 Å². The van der Waals surface area contributed by atoms with Gasteiger partial charge in [-0.2, -0.15) is 5.10 Å². The highest BCUT2D eigenvalue weighted by molar-refractivity contribution is 6.31. The number of rotatable bonds is 3. The van der Waals surface area contributed by atoms with Crippen LogP contribution in [0.1, 0.15) is 36.4 Å². The number of halogens is 3. The summed E-state index contributed by atoms with van der Waals surface area (Å²) in [6.07, 6.45) is 5.04. The van der Waals surface area contributed by atoms with E-state index in [0.29, 0.717) is 20.8 Å². The number of benzene rings is 3. The lowest BCUT2D eigenvalue weighted by Gasteiger charge is -2.29. The van der Waals surface area contributed by atoms with Crippen LogP contribution in [0, 0.1) is 5.92 Å². The van der Waals surface area contributed by atoms with Crippen molar-refractivity contribution >= 4 is 58.3 Å². The Labute approximate surface area is 213 Å². The molecule has 0 saturated heterocycles. The summed E-state index contributed by atoms with van der Waals surface area (Å²) in [5, 5.41) is 11.3. The Morgan fingerprint density at radius 1 is 0.941 bits per heavy atom. The summed E-state index contributed by atoms with van der Waals surface area (Å²) in [6.45, 7) is 0. The molecule has 3 aromatic carbocycles. The molecule has 1 aliphatic heterocycles. The van der Waals surface area contributed by atoms with E-state index in [1.165, 1.54) is 0 Å². The predicted octanol–water partition coefficient (Wildman–Crippen LogP) is 8.48. The lowest BCUT2D eigenvalue weighted by Crippen LogP contribution is -2.34. The van der Waals surface area contributed by atoms with Crippen LogP contribution >= 0.6 is 34.8 Å². The third-order valence-electron chi connectivity index (χ3n) is 6.21. The highest BCUT2D eigenvalue weighted by atomic mass is 35.5. The Hall–Kier alpha value is -2.79. The van der Waals surface area contributed by atoms with Gasteiger partial charge in [0.2, 0.25) is 0 Å². The van der Waals surface area contributed by atoms with Crippen molar-refractivity contribution in [1.82, 2.24) is 5.01 Å². The number of anilines is 1. The van der Waals surface area contributed by atoms with Gasteiger partial charge in [0, 0.05) is 26.7 Å². The van der Waals surface area contributed by atoms with Crippen LogP contribution in [0.5, 0.6) is 0 Å². The first-order valence-corrected chi connectivity index (χ1v) is 12.3. The van der Waals surface area contributed by atoms with Crippen LogP contribution in [-0.4, -0.2) is 16.8 Å². The number of amides is 2. The highest BCUT2D eigenvalue weighted by Gasteiger charge is 2.43. The van der Waals surface area contributed by atoms with Gasteiger partial charge < -0.3 is 5.32 Å². The fourth-order valence-corrected chi connectivity index (χ4v) is 5.11. The van der Waals surface area contributed by atoms with Crippen LogP contribution in [-0.2, 0) is 0 Å². The summed E-state index contributed by atoms with van der Waals surface area (Å²) in [4.78, 5) is 13.4. The van der Waals surface area contributed by atoms with Crippen LogP contribution < -0.4 is 5.32 Å². The van der Waals surface area contributed by atoms with Crippen molar-refractivity contribution < 1.29 is 4.79 Å². The Balaban J connectivity index is 1.52. The molecule has 5 rings (SSSR count). The number of hydrogen-bond acceptors (Lipinski definition) is 2. The molecule has 0 aromatic heterocycles. The first-order valence-electron chi connectivity index (χ1n) is 11.1. The molecule has 1 N–H and O–H groups in total. The second-order valence-corrected chi connectivity index (χ2v) is 9.80. The van der Waals surface area contributed by atoms with E-state index in [2.05, 4.69) is 11.4 Å². The third kappa shape index (κ3) is 4.85. The standard InChI is InChI=1S/C27H22Cl3N3O/c28-20-11-7-17(8-12-20)15-19-3-1-6-24-25(19)32-33(26(24)18-9-13-21(29)14-10-18)27(34)31-23-5-2-4-22(30)16-23/h2,4-5,7-16,24,26H,1,3,6H2,(H,31,34)/b19-15-. The number of carbonyl (C=O) groups excluding carboxylic acids is 1. The average molecular weight is 511 g/mol. The zero-order chi connectivity index (χ0) is 23.7. The SMILES string of the molecule is O=C(Nc1cccc(Cl)c1)N1N=C2/C(=C\c3ccc(Cl)cc3)CCCC2C1c1ccc(Cl)cc1. The maximum Gasteiger partial charge on any atom is 0.342 e. The molecule has 172 valence electrons. The fraction of sp³-hybridized carbons (Fsp3) is 0.185. The lowest BCUT2D eigenvalue weighted by atomic mass is 9.77. The van der Waals surface area contributed by atoms with Gasteiger partial charge in [0.05, 0.1) is 11.8 Å². The number of carbonyl (C=O) groups is 1. The van der Waals surface area contributed by atoms with Crippen molar-refractivity contribution in [1.29, 1.82) is 0 Å². The molecule has 34 heavy (non-hydrogen) atoms. The zero-order valence-electron chi connectivity index (χ0n) is 18.2. The van der Waals surface area contributed by atoms with Gasteiger partial charge in [-0.05, 0) is 84.5 Å². The molecular formula is C27H22Cl3N3O. The third-order valence-corrected chi connectivity index (χ3v) is 6.95. The van der Waals surface area contributed by atoms with E-state index in [-0.39, 0.29) is 18.0 Å². The van der Waals surface area contributed by atoms with E-state index in [1.807, 2.05) is 54.6 Å². The molecule has 1 saturated carbocycles. The second-order valence-electron chi connectivity index (χ2n) is 8.49.